The zero-order chi connectivity index (χ0) is 8.67. The summed E-state index contributed by atoms with van der Waals surface area (Å²) in [7, 11) is 0. The van der Waals surface area contributed by atoms with Gasteiger partial charge in [0, 0.05) is 13.1 Å². The zero-order valence-electron chi connectivity index (χ0n) is 8.00. The number of fused-ring (bicyclic) bond motifs is 3. The molecule has 3 fully saturated rings. The third-order valence-electron chi connectivity index (χ3n) is 3.40. The van der Waals surface area contributed by atoms with E-state index >= 15 is 0 Å². The average Bonchev–Trinajstić information content (AvgIpc) is 2.56. The molecular weight excluding hydrogens is 164 g/mol. The van der Waals surface area contributed by atoms with Gasteiger partial charge >= 0.3 is 0 Å². The number of hydrogen-bond acceptors (Lipinski definition) is 4. The van der Waals surface area contributed by atoms with E-state index in [2.05, 4.69) is 20.4 Å². The van der Waals surface area contributed by atoms with Crippen LogP contribution in [0.4, 0.5) is 0 Å². The van der Waals surface area contributed by atoms with Crippen molar-refractivity contribution >= 4 is 0 Å². The van der Waals surface area contributed by atoms with Gasteiger partial charge in [0.2, 0.25) is 0 Å². The van der Waals surface area contributed by atoms with Gasteiger partial charge in [-0.25, -0.2) is 0 Å². The lowest BCUT2D eigenvalue weighted by Crippen LogP contribution is -2.59. The Hall–Kier alpha value is -0.160. The van der Waals surface area contributed by atoms with E-state index in [1.807, 2.05) is 0 Å². The van der Waals surface area contributed by atoms with Crippen molar-refractivity contribution in [3.8, 4) is 0 Å². The fourth-order valence-electron chi connectivity index (χ4n) is 2.77. The molecule has 0 spiro atoms. The molecule has 0 aromatic heterocycles. The highest BCUT2D eigenvalue weighted by molar-refractivity contribution is 4.93. The number of nitrogens with one attached hydrogen (secondary N) is 2. The lowest BCUT2D eigenvalue weighted by Gasteiger charge is -2.35. The highest BCUT2D eigenvalue weighted by Gasteiger charge is 2.41. The summed E-state index contributed by atoms with van der Waals surface area (Å²) in [6, 6.07) is 0. The standard InChI is InChI=1S/C9H18N4/c1-3-10-8-9-11-4-2-6-13(9)7-12(8)5-1/h8-11H,1-7H2. The maximum absolute atomic E-state index is 3.60. The molecule has 3 heterocycles. The van der Waals surface area contributed by atoms with Crippen LogP contribution in [0, 0.1) is 0 Å². The Morgan fingerprint density at radius 1 is 0.846 bits per heavy atom. The van der Waals surface area contributed by atoms with Crippen molar-refractivity contribution in [3.05, 3.63) is 0 Å². The van der Waals surface area contributed by atoms with Gasteiger partial charge in [0.25, 0.3) is 0 Å². The molecule has 0 bridgehead atoms. The zero-order valence-corrected chi connectivity index (χ0v) is 8.00. The topological polar surface area (TPSA) is 30.5 Å². The van der Waals surface area contributed by atoms with Crippen LogP contribution in [0.3, 0.4) is 0 Å². The summed E-state index contributed by atoms with van der Waals surface area (Å²) in [6.45, 7) is 6.08. The van der Waals surface area contributed by atoms with Crippen LogP contribution >= 0.6 is 0 Å². The third kappa shape index (κ3) is 1.29. The monoisotopic (exact) mass is 182 g/mol. The Labute approximate surface area is 79.3 Å². The molecule has 3 saturated heterocycles. The normalized spacial score (nSPS) is 41.5. The molecule has 0 radical (unpaired) electrons. The molecule has 2 N–H and O–H groups in total. The summed E-state index contributed by atoms with van der Waals surface area (Å²) in [5.41, 5.74) is 0. The molecule has 13 heavy (non-hydrogen) atoms. The first kappa shape index (κ1) is 8.17. The summed E-state index contributed by atoms with van der Waals surface area (Å²) >= 11 is 0. The second kappa shape index (κ2) is 3.20. The molecule has 3 aliphatic heterocycles. The first-order chi connectivity index (χ1) is 6.45. The number of nitrogens with zero attached hydrogens (tertiary/aromatic N) is 2. The van der Waals surface area contributed by atoms with E-state index in [1.54, 1.807) is 0 Å². The van der Waals surface area contributed by atoms with Gasteiger partial charge in [-0.3, -0.25) is 20.4 Å². The fourth-order valence-corrected chi connectivity index (χ4v) is 2.77. The molecule has 4 heteroatoms. The first-order valence-electron chi connectivity index (χ1n) is 5.40. The van der Waals surface area contributed by atoms with Crippen molar-refractivity contribution in [2.24, 2.45) is 0 Å². The van der Waals surface area contributed by atoms with Crippen molar-refractivity contribution in [2.45, 2.75) is 25.2 Å². The second-order valence-corrected chi connectivity index (χ2v) is 4.27. The Bertz CT molecular complexity index is 176. The van der Waals surface area contributed by atoms with Crippen LogP contribution in [-0.4, -0.2) is 55.0 Å². The van der Waals surface area contributed by atoms with E-state index < -0.39 is 0 Å². The number of hydrogen-bond donors (Lipinski definition) is 2. The summed E-state index contributed by atoms with van der Waals surface area (Å²) in [6.07, 6.45) is 3.76. The van der Waals surface area contributed by atoms with Gasteiger partial charge in [0.15, 0.2) is 0 Å². The minimum atomic E-state index is 0.578. The minimum absolute atomic E-state index is 0.578. The van der Waals surface area contributed by atoms with E-state index in [4.69, 9.17) is 0 Å². The molecular formula is C9H18N4. The molecule has 2 atom stereocenters. The van der Waals surface area contributed by atoms with Crippen LogP contribution in [0.25, 0.3) is 0 Å². The quantitative estimate of drug-likeness (QED) is 0.513. The van der Waals surface area contributed by atoms with E-state index in [9.17, 15) is 0 Å². The van der Waals surface area contributed by atoms with Gasteiger partial charge in [-0.1, -0.05) is 0 Å². The lowest BCUT2D eigenvalue weighted by atomic mass is 10.2. The van der Waals surface area contributed by atoms with Crippen LogP contribution in [0.2, 0.25) is 0 Å². The minimum Gasteiger partial charge on any atom is -0.299 e. The summed E-state index contributed by atoms with van der Waals surface area (Å²) in [4.78, 5) is 5.12. The maximum atomic E-state index is 3.60. The number of rotatable bonds is 0. The highest BCUT2D eigenvalue weighted by atomic mass is 15.5. The SMILES string of the molecule is C1CNC2C3NCCCN3CN2C1. The molecule has 0 aromatic carbocycles. The molecule has 3 aliphatic rings. The van der Waals surface area contributed by atoms with E-state index in [0.717, 1.165) is 6.67 Å². The van der Waals surface area contributed by atoms with Crippen molar-refractivity contribution in [1.82, 2.24) is 20.4 Å². The lowest BCUT2D eigenvalue weighted by molar-refractivity contribution is 0.152. The summed E-state index contributed by atoms with van der Waals surface area (Å²) < 4.78 is 0. The first-order valence-corrected chi connectivity index (χ1v) is 5.40. The Morgan fingerprint density at radius 2 is 1.38 bits per heavy atom. The highest BCUT2D eigenvalue weighted by Crippen LogP contribution is 2.22. The van der Waals surface area contributed by atoms with Crippen molar-refractivity contribution in [1.29, 1.82) is 0 Å². The average molecular weight is 182 g/mol. The summed E-state index contributed by atoms with van der Waals surface area (Å²) in [5.74, 6) is 0. The van der Waals surface area contributed by atoms with Gasteiger partial charge in [-0.2, -0.15) is 0 Å². The van der Waals surface area contributed by atoms with Gasteiger partial charge in [-0.05, 0) is 25.9 Å². The predicted octanol–water partition coefficient (Wildman–Crippen LogP) is -0.800. The van der Waals surface area contributed by atoms with Gasteiger partial charge in [-0.15, -0.1) is 0 Å². The molecule has 3 rings (SSSR count). The molecule has 0 saturated carbocycles. The molecule has 74 valence electrons. The van der Waals surface area contributed by atoms with Crippen LogP contribution in [0.5, 0.6) is 0 Å². The van der Waals surface area contributed by atoms with Gasteiger partial charge in [0.05, 0.1) is 19.0 Å². The van der Waals surface area contributed by atoms with Crippen LogP contribution in [0.1, 0.15) is 12.8 Å². The van der Waals surface area contributed by atoms with Crippen molar-refractivity contribution < 1.29 is 0 Å². The van der Waals surface area contributed by atoms with E-state index in [0.29, 0.717) is 12.3 Å². The van der Waals surface area contributed by atoms with Crippen LogP contribution in [-0.2, 0) is 0 Å². The molecule has 0 aliphatic carbocycles. The van der Waals surface area contributed by atoms with Gasteiger partial charge < -0.3 is 0 Å². The Morgan fingerprint density at radius 3 is 1.92 bits per heavy atom. The smallest absolute Gasteiger partial charge is 0.0904 e. The largest absolute Gasteiger partial charge is 0.299 e. The predicted molar refractivity (Wildman–Crippen MR) is 51.1 cm³/mol. The molecule has 4 nitrogen and oxygen atoms in total. The second-order valence-electron chi connectivity index (χ2n) is 4.27. The van der Waals surface area contributed by atoms with Crippen molar-refractivity contribution in [2.75, 3.05) is 32.8 Å². The fraction of sp³-hybridized carbons (Fsp3) is 1.00. The van der Waals surface area contributed by atoms with E-state index in [1.165, 1.54) is 39.0 Å². The molecule has 0 aromatic rings. The maximum Gasteiger partial charge on any atom is 0.0904 e. The third-order valence-corrected chi connectivity index (χ3v) is 3.40. The van der Waals surface area contributed by atoms with E-state index in [-0.39, 0.29) is 0 Å². The molecule has 2 unspecified atom stereocenters. The van der Waals surface area contributed by atoms with Gasteiger partial charge in [0.1, 0.15) is 0 Å². The summed E-state index contributed by atoms with van der Waals surface area (Å²) in [5, 5.41) is 7.20. The molecule has 0 amide bonds. The Balaban J connectivity index is 1.76. The Kier molecular flexibility index (Phi) is 2.01. The van der Waals surface area contributed by atoms with Crippen LogP contribution < -0.4 is 10.6 Å². The van der Waals surface area contributed by atoms with Crippen LogP contribution in [0.15, 0.2) is 0 Å². The van der Waals surface area contributed by atoms with Crippen molar-refractivity contribution in [3.63, 3.8) is 0 Å².